The summed E-state index contributed by atoms with van der Waals surface area (Å²) in [5.41, 5.74) is 0.475. The molecule has 2 aliphatic heterocycles. The van der Waals surface area contributed by atoms with Crippen molar-refractivity contribution in [2.75, 3.05) is 46.4 Å². The van der Waals surface area contributed by atoms with E-state index < -0.39 is 24.3 Å². The maximum atomic E-state index is 10.6. The number of methoxy groups -OCH3 is 1. The molecule has 2 atom stereocenters. The van der Waals surface area contributed by atoms with E-state index in [1.165, 1.54) is 44.0 Å². The highest BCUT2D eigenvalue weighted by Gasteiger charge is 2.49. The maximum absolute atomic E-state index is 10.6. The molecule has 2 N–H and O–H groups in total. The fraction of sp³-hybridized carbons (Fsp3) is 0.700. The van der Waals surface area contributed by atoms with E-state index in [1.807, 2.05) is 18.4 Å². The lowest BCUT2D eigenvalue weighted by Crippen LogP contribution is -2.36. The summed E-state index contributed by atoms with van der Waals surface area (Å²) in [7, 11) is 1.85. The number of thiophene rings is 1. The molecule has 3 heterocycles. The highest BCUT2D eigenvalue weighted by Crippen LogP contribution is 2.44. The minimum absolute atomic E-state index is 0.475. The van der Waals surface area contributed by atoms with Crippen LogP contribution in [0.15, 0.2) is 17.5 Å². The number of hydrogen-bond acceptors (Lipinski definition) is 6. The number of halogens is 6. The lowest BCUT2D eigenvalue weighted by atomic mass is 9.78. The molecule has 34 heavy (non-hydrogen) atoms. The van der Waals surface area contributed by atoms with E-state index in [0.29, 0.717) is 11.3 Å². The Morgan fingerprint density at radius 3 is 2.06 bits per heavy atom. The molecular formula is C20H28F6N2O5S. The summed E-state index contributed by atoms with van der Waals surface area (Å²) in [6.45, 7) is 10.5. The van der Waals surface area contributed by atoms with Crippen LogP contribution >= 0.6 is 11.3 Å². The molecule has 0 saturated carbocycles. The Morgan fingerprint density at radius 2 is 1.65 bits per heavy atom. The van der Waals surface area contributed by atoms with Crippen molar-refractivity contribution < 1.29 is 50.9 Å². The van der Waals surface area contributed by atoms with Gasteiger partial charge >= 0.3 is 24.3 Å². The molecule has 0 radical (unpaired) electrons. The molecule has 14 heteroatoms. The van der Waals surface area contributed by atoms with Gasteiger partial charge in [0.25, 0.3) is 0 Å². The molecule has 196 valence electrons. The second-order valence-electron chi connectivity index (χ2n) is 7.99. The first-order chi connectivity index (χ1) is 15.6. The summed E-state index contributed by atoms with van der Waals surface area (Å²) < 4.78 is 69.0. The van der Waals surface area contributed by atoms with Crippen LogP contribution in [0.2, 0.25) is 0 Å². The summed E-state index contributed by atoms with van der Waals surface area (Å²) in [5.74, 6) is -4.80. The van der Waals surface area contributed by atoms with Crippen molar-refractivity contribution in [2.24, 2.45) is 11.3 Å². The molecule has 3 rings (SSSR count). The SMILES string of the molecule is CCN1C[C@H](COC)[C@]2(CCN(Cc3cccs3)C2)C1.O=C(O)C(F)(F)F.O=C(O)C(F)(F)F. The van der Waals surface area contributed by atoms with Crippen LogP contribution in [0, 0.1) is 11.3 Å². The molecule has 0 unspecified atom stereocenters. The highest BCUT2D eigenvalue weighted by molar-refractivity contribution is 7.09. The van der Waals surface area contributed by atoms with Crippen molar-refractivity contribution in [3.05, 3.63) is 22.4 Å². The largest absolute Gasteiger partial charge is 0.490 e. The van der Waals surface area contributed by atoms with Gasteiger partial charge in [-0.15, -0.1) is 11.3 Å². The minimum Gasteiger partial charge on any atom is -0.475 e. The average molecular weight is 523 g/mol. The van der Waals surface area contributed by atoms with E-state index in [4.69, 9.17) is 24.5 Å². The summed E-state index contributed by atoms with van der Waals surface area (Å²) in [5, 5.41) is 16.4. The Bertz CT molecular complexity index is 750. The molecule has 0 amide bonds. The number of likely N-dealkylation sites (tertiary alicyclic amines) is 2. The lowest BCUT2D eigenvalue weighted by molar-refractivity contribution is -0.193. The average Bonchev–Trinajstić information content (AvgIpc) is 3.44. The zero-order valence-electron chi connectivity index (χ0n) is 18.7. The molecule has 0 aromatic carbocycles. The topological polar surface area (TPSA) is 90.3 Å². The third-order valence-corrected chi connectivity index (χ3v) is 6.47. The third kappa shape index (κ3) is 9.39. The number of alkyl halides is 6. The lowest BCUT2D eigenvalue weighted by Gasteiger charge is -2.30. The van der Waals surface area contributed by atoms with Crippen LogP contribution in [0.5, 0.6) is 0 Å². The van der Waals surface area contributed by atoms with Crippen molar-refractivity contribution in [1.29, 1.82) is 0 Å². The Labute approximate surface area is 196 Å². The molecule has 2 fully saturated rings. The standard InChI is InChI=1S/C16H26N2OS.2C2HF3O2/c1-3-17-9-14(11-19-2)16(12-17)6-7-18(13-16)10-15-5-4-8-20-15;2*3-2(4,5)1(6)7/h4-5,8,14H,3,6-7,9-13H2,1-2H3;2*(H,6,7)/t14-,16-;;/m1../s1. The predicted octanol–water partition coefficient (Wildman–Crippen LogP) is 3.80. The van der Waals surface area contributed by atoms with Gasteiger partial charge in [0.05, 0.1) is 6.61 Å². The van der Waals surface area contributed by atoms with Gasteiger partial charge in [0.15, 0.2) is 0 Å². The third-order valence-electron chi connectivity index (χ3n) is 5.61. The Morgan fingerprint density at radius 1 is 1.12 bits per heavy atom. The van der Waals surface area contributed by atoms with Crippen LogP contribution in [0.4, 0.5) is 26.3 Å². The zero-order chi connectivity index (χ0) is 26.2. The number of carboxylic acid groups (broad SMARTS) is 2. The number of carbonyl (C=O) groups is 2. The summed E-state index contributed by atoms with van der Waals surface area (Å²) >= 11 is 1.88. The van der Waals surface area contributed by atoms with E-state index in [1.54, 1.807) is 0 Å². The summed E-state index contributed by atoms with van der Waals surface area (Å²) in [6.07, 6.45) is -8.83. The minimum atomic E-state index is -5.08. The normalized spacial score (nSPS) is 23.2. The van der Waals surface area contributed by atoms with Crippen LogP contribution < -0.4 is 0 Å². The van der Waals surface area contributed by atoms with Crippen LogP contribution in [0.3, 0.4) is 0 Å². The van der Waals surface area contributed by atoms with E-state index in [2.05, 4.69) is 34.2 Å². The molecule has 2 saturated heterocycles. The number of carboxylic acids is 2. The van der Waals surface area contributed by atoms with Gasteiger partial charge in [-0.3, -0.25) is 4.90 Å². The number of ether oxygens (including phenoxy) is 1. The van der Waals surface area contributed by atoms with Gasteiger partial charge in [0.1, 0.15) is 0 Å². The molecule has 2 aliphatic rings. The summed E-state index contributed by atoms with van der Waals surface area (Å²) in [4.78, 5) is 24.5. The van der Waals surface area contributed by atoms with Crippen LogP contribution in [-0.2, 0) is 20.9 Å². The number of hydrogen-bond donors (Lipinski definition) is 2. The first kappa shape index (κ1) is 30.1. The van der Waals surface area contributed by atoms with E-state index in [-0.39, 0.29) is 0 Å². The smallest absolute Gasteiger partial charge is 0.475 e. The fourth-order valence-corrected chi connectivity index (χ4v) is 4.77. The predicted molar refractivity (Wildman–Crippen MR) is 112 cm³/mol. The molecule has 0 bridgehead atoms. The molecule has 7 nitrogen and oxygen atoms in total. The van der Waals surface area contributed by atoms with Gasteiger partial charge < -0.3 is 19.8 Å². The van der Waals surface area contributed by atoms with Crippen LogP contribution in [0.25, 0.3) is 0 Å². The monoisotopic (exact) mass is 522 g/mol. The van der Waals surface area contributed by atoms with Crippen molar-refractivity contribution in [2.45, 2.75) is 32.2 Å². The number of rotatable bonds is 5. The van der Waals surface area contributed by atoms with Crippen LogP contribution in [-0.4, -0.2) is 90.7 Å². The van der Waals surface area contributed by atoms with Crippen molar-refractivity contribution in [3.63, 3.8) is 0 Å². The molecule has 1 aromatic heterocycles. The van der Waals surface area contributed by atoms with Crippen molar-refractivity contribution >= 4 is 23.3 Å². The maximum Gasteiger partial charge on any atom is 0.490 e. The highest BCUT2D eigenvalue weighted by atomic mass is 32.1. The summed E-state index contributed by atoms with van der Waals surface area (Å²) in [6, 6.07) is 4.42. The molecule has 1 aromatic rings. The Hall–Kier alpha value is -1.90. The van der Waals surface area contributed by atoms with Gasteiger partial charge in [-0.2, -0.15) is 26.3 Å². The van der Waals surface area contributed by atoms with Crippen molar-refractivity contribution in [1.82, 2.24) is 9.80 Å². The molecule has 0 aliphatic carbocycles. The van der Waals surface area contributed by atoms with Gasteiger partial charge in [-0.1, -0.05) is 13.0 Å². The second kappa shape index (κ2) is 12.7. The van der Waals surface area contributed by atoms with E-state index >= 15 is 0 Å². The molecule has 1 spiro atoms. The quantitative estimate of drug-likeness (QED) is 0.569. The fourth-order valence-electron chi connectivity index (χ4n) is 4.02. The van der Waals surface area contributed by atoms with E-state index in [0.717, 1.165) is 13.2 Å². The van der Waals surface area contributed by atoms with Gasteiger partial charge in [-0.25, -0.2) is 9.59 Å². The van der Waals surface area contributed by atoms with Crippen LogP contribution in [0.1, 0.15) is 18.2 Å². The Balaban J connectivity index is 0.000000343. The number of aliphatic carboxylic acids is 2. The second-order valence-corrected chi connectivity index (χ2v) is 9.02. The first-order valence-corrected chi connectivity index (χ1v) is 11.1. The number of nitrogens with zero attached hydrogens (tertiary/aromatic N) is 2. The van der Waals surface area contributed by atoms with Crippen molar-refractivity contribution in [3.8, 4) is 0 Å². The van der Waals surface area contributed by atoms with Gasteiger partial charge in [-0.05, 0) is 31.0 Å². The van der Waals surface area contributed by atoms with Gasteiger partial charge in [0.2, 0.25) is 0 Å². The Kier molecular flexibility index (Phi) is 11.3. The van der Waals surface area contributed by atoms with E-state index in [9.17, 15) is 26.3 Å². The first-order valence-electron chi connectivity index (χ1n) is 10.2. The zero-order valence-corrected chi connectivity index (χ0v) is 19.5. The molecular weight excluding hydrogens is 494 g/mol. The van der Waals surface area contributed by atoms with Gasteiger partial charge in [0, 0.05) is 49.5 Å².